The van der Waals surface area contributed by atoms with E-state index in [4.69, 9.17) is 9.72 Å². The van der Waals surface area contributed by atoms with Gasteiger partial charge in [0.25, 0.3) is 0 Å². The Balaban J connectivity index is 1.49. The molecule has 30 heavy (non-hydrogen) atoms. The van der Waals surface area contributed by atoms with Gasteiger partial charge in [-0.25, -0.2) is 4.98 Å². The fourth-order valence-corrected chi connectivity index (χ4v) is 3.61. The van der Waals surface area contributed by atoms with Crippen LogP contribution in [0, 0.1) is 0 Å². The third-order valence-corrected chi connectivity index (χ3v) is 5.21. The zero-order chi connectivity index (χ0) is 20.9. The Morgan fingerprint density at radius 1 is 0.967 bits per heavy atom. The van der Waals surface area contributed by atoms with Crippen LogP contribution in [0.25, 0.3) is 16.7 Å². The van der Waals surface area contributed by atoms with E-state index in [2.05, 4.69) is 22.8 Å². The summed E-state index contributed by atoms with van der Waals surface area (Å²) in [5, 5.41) is 0. The molecule has 0 aliphatic rings. The molecule has 0 N–H and O–H groups in total. The third kappa shape index (κ3) is 4.20. The smallest absolute Gasteiger partial charge is 0.223 e. The van der Waals surface area contributed by atoms with Crippen molar-refractivity contribution in [1.82, 2.24) is 14.5 Å². The van der Waals surface area contributed by atoms with E-state index in [0.29, 0.717) is 19.4 Å². The minimum Gasteiger partial charge on any atom is -0.497 e. The Labute approximate surface area is 176 Å². The second kappa shape index (κ2) is 8.82. The normalized spacial score (nSPS) is 10.9. The van der Waals surface area contributed by atoms with Crippen LogP contribution >= 0.6 is 0 Å². The molecule has 0 atom stereocenters. The molecule has 5 heteroatoms. The summed E-state index contributed by atoms with van der Waals surface area (Å²) in [7, 11) is 3.49. The Bertz CT molecular complexity index is 1130. The molecule has 4 aromatic rings. The highest BCUT2D eigenvalue weighted by molar-refractivity contribution is 5.79. The molecule has 1 aromatic heterocycles. The lowest BCUT2D eigenvalue weighted by molar-refractivity contribution is -0.130. The second-order valence-corrected chi connectivity index (χ2v) is 7.29. The number of nitrogens with zero attached hydrogens (tertiary/aromatic N) is 3. The van der Waals surface area contributed by atoms with Gasteiger partial charge in [-0.1, -0.05) is 42.5 Å². The van der Waals surface area contributed by atoms with Crippen LogP contribution in [0.3, 0.4) is 0 Å². The molecule has 0 saturated carbocycles. The van der Waals surface area contributed by atoms with Crippen molar-refractivity contribution in [3.8, 4) is 11.4 Å². The van der Waals surface area contributed by atoms with Crippen molar-refractivity contribution in [2.24, 2.45) is 0 Å². The fourth-order valence-electron chi connectivity index (χ4n) is 3.61. The van der Waals surface area contributed by atoms with Crippen LogP contribution in [-0.4, -0.2) is 34.5 Å². The van der Waals surface area contributed by atoms with Crippen molar-refractivity contribution in [2.75, 3.05) is 14.2 Å². The Morgan fingerprint density at radius 3 is 2.40 bits per heavy atom. The molecule has 5 nitrogen and oxygen atoms in total. The summed E-state index contributed by atoms with van der Waals surface area (Å²) < 4.78 is 7.34. The molecule has 0 radical (unpaired) electrons. The number of rotatable bonds is 7. The van der Waals surface area contributed by atoms with Crippen LogP contribution in [-0.2, 0) is 17.8 Å². The lowest BCUT2D eigenvalue weighted by Gasteiger charge is -2.18. The van der Waals surface area contributed by atoms with Crippen LogP contribution in [0.2, 0.25) is 0 Å². The van der Waals surface area contributed by atoms with Crippen molar-refractivity contribution in [1.29, 1.82) is 0 Å². The minimum atomic E-state index is 0.0949. The molecule has 3 aromatic carbocycles. The van der Waals surface area contributed by atoms with Gasteiger partial charge in [0.05, 0.1) is 18.1 Å². The molecule has 0 aliphatic heterocycles. The van der Waals surface area contributed by atoms with E-state index in [0.717, 1.165) is 33.9 Å². The summed E-state index contributed by atoms with van der Waals surface area (Å²) in [6.07, 6.45) is 0.984. The molecule has 1 amide bonds. The number of hydrogen-bond donors (Lipinski definition) is 0. The first kappa shape index (κ1) is 19.7. The number of benzene rings is 3. The highest BCUT2D eigenvalue weighted by atomic mass is 16.5. The highest BCUT2D eigenvalue weighted by Gasteiger charge is 2.15. The molecule has 0 saturated heterocycles. The second-order valence-electron chi connectivity index (χ2n) is 7.29. The molecular formula is C25H25N3O2. The summed E-state index contributed by atoms with van der Waals surface area (Å²) in [5.74, 6) is 1.80. The Hall–Kier alpha value is -3.60. The average molecular weight is 399 g/mol. The van der Waals surface area contributed by atoms with Gasteiger partial charge in [-0.05, 0) is 42.0 Å². The minimum absolute atomic E-state index is 0.0949. The number of amides is 1. The number of carbonyl (C=O) groups is 1. The summed E-state index contributed by atoms with van der Waals surface area (Å²) in [4.78, 5) is 19.3. The van der Waals surface area contributed by atoms with E-state index >= 15 is 0 Å². The van der Waals surface area contributed by atoms with Gasteiger partial charge in [-0.3, -0.25) is 9.36 Å². The first-order valence-corrected chi connectivity index (χ1v) is 10.0. The molecule has 0 spiro atoms. The lowest BCUT2D eigenvalue weighted by Crippen LogP contribution is -2.26. The van der Waals surface area contributed by atoms with E-state index in [1.807, 2.05) is 67.7 Å². The number of methoxy groups -OCH3 is 1. The zero-order valence-electron chi connectivity index (χ0n) is 17.3. The van der Waals surface area contributed by atoms with Gasteiger partial charge in [0.2, 0.25) is 5.91 Å². The van der Waals surface area contributed by atoms with Crippen LogP contribution in [0.15, 0.2) is 78.9 Å². The maximum absolute atomic E-state index is 12.8. The Kier molecular flexibility index (Phi) is 5.80. The molecule has 152 valence electrons. The molecule has 0 unspecified atom stereocenters. The van der Waals surface area contributed by atoms with Gasteiger partial charge in [0, 0.05) is 32.1 Å². The van der Waals surface area contributed by atoms with Crippen molar-refractivity contribution >= 4 is 16.9 Å². The van der Waals surface area contributed by atoms with Crippen LogP contribution in [0.1, 0.15) is 17.8 Å². The largest absolute Gasteiger partial charge is 0.497 e. The van der Waals surface area contributed by atoms with Crippen LogP contribution in [0.4, 0.5) is 0 Å². The number of ether oxygens (including phenoxy) is 1. The number of aromatic nitrogens is 2. The maximum atomic E-state index is 12.8. The summed E-state index contributed by atoms with van der Waals surface area (Å²) in [6, 6.07) is 26.0. The monoisotopic (exact) mass is 399 g/mol. The summed E-state index contributed by atoms with van der Waals surface area (Å²) in [6.45, 7) is 0.567. The lowest BCUT2D eigenvalue weighted by atomic mass is 10.2. The first-order valence-electron chi connectivity index (χ1n) is 10.0. The van der Waals surface area contributed by atoms with Crippen molar-refractivity contribution in [3.05, 3.63) is 90.3 Å². The van der Waals surface area contributed by atoms with Crippen molar-refractivity contribution in [2.45, 2.75) is 19.4 Å². The molecule has 0 aliphatic carbocycles. The van der Waals surface area contributed by atoms with E-state index < -0.39 is 0 Å². The SMILES string of the molecule is COc1ccc(CN(C)C(=O)CCc2nc3ccccc3n2-c2ccccc2)cc1. The number of hydrogen-bond acceptors (Lipinski definition) is 3. The number of aryl methyl sites for hydroxylation is 1. The summed E-state index contributed by atoms with van der Waals surface area (Å²) in [5.41, 5.74) is 4.12. The fraction of sp³-hybridized carbons (Fsp3) is 0.200. The quantitative estimate of drug-likeness (QED) is 0.455. The third-order valence-electron chi connectivity index (χ3n) is 5.21. The number of fused-ring (bicyclic) bond motifs is 1. The van der Waals surface area contributed by atoms with Crippen LogP contribution in [0.5, 0.6) is 5.75 Å². The zero-order valence-corrected chi connectivity index (χ0v) is 17.3. The molecule has 1 heterocycles. The van der Waals surface area contributed by atoms with Crippen molar-refractivity contribution < 1.29 is 9.53 Å². The first-order chi connectivity index (χ1) is 14.7. The van der Waals surface area contributed by atoms with Crippen LogP contribution < -0.4 is 4.74 Å². The summed E-state index contributed by atoms with van der Waals surface area (Å²) >= 11 is 0. The predicted octanol–water partition coefficient (Wildman–Crippen LogP) is 4.63. The maximum Gasteiger partial charge on any atom is 0.223 e. The van der Waals surface area contributed by atoms with Gasteiger partial charge in [0.15, 0.2) is 0 Å². The average Bonchev–Trinajstić information content (AvgIpc) is 3.17. The topological polar surface area (TPSA) is 47.4 Å². The van der Waals surface area contributed by atoms with E-state index in [9.17, 15) is 4.79 Å². The highest BCUT2D eigenvalue weighted by Crippen LogP contribution is 2.22. The molecule has 0 bridgehead atoms. The standard InChI is InChI=1S/C25H25N3O2/c1-27(18-19-12-14-21(30-2)15-13-19)25(29)17-16-24-26-22-10-6-7-11-23(22)28(24)20-8-4-3-5-9-20/h3-15H,16-18H2,1-2H3. The van der Waals surface area contributed by atoms with Gasteiger partial charge >= 0.3 is 0 Å². The van der Waals surface area contributed by atoms with Gasteiger partial charge in [-0.2, -0.15) is 0 Å². The van der Waals surface area contributed by atoms with Gasteiger partial charge < -0.3 is 9.64 Å². The van der Waals surface area contributed by atoms with Crippen molar-refractivity contribution in [3.63, 3.8) is 0 Å². The predicted molar refractivity (Wildman–Crippen MR) is 119 cm³/mol. The molecular weight excluding hydrogens is 374 g/mol. The number of carbonyl (C=O) groups excluding carboxylic acids is 1. The van der Waals surface area contributed by atoms with Gasteiger partial charge in [0.1, 0.15) is 11.6 Å². The molecule has 0 fully saturated rings. The van der Waals surface area contributed by atoms with E-state index in [1.165, 1.54) is 0 Å². The van der Waals surface area contributed by atoms with E-state index in [-0.39, 0.29) is 5.91 Å². The Morgan fingerprint density at radius 2 is 1.67 bits per heavy atom. The number of imidazole rings is 1. The number of para-hydroxylation sites is 3. The molecule has 4 rings (SSSR count). The van der Waals surface area contributed by atoms with Gasteiger partial charge in [-0.15, -0.1) is 0 Å². The van der Waals surface area contributed by atoms with E-state index in [1.54, 1.807) is 12.0 Å².